The lowest BCUT2D eigenvalue weighted by molar-refractivity contribution is 0.0356. The van der Waals surface area contributed by atoms with E-state index in [-0.39, 0.29) is 17.8 Å². The number of aliphatic hydroxyl groups is 1. The van der Waals surface area contributed by atoms with Crippen molar-refractivity contribution in [3.05, 3.63) is 23.5 Å². The van der Waals surface area contributed by atoms with Crippen LogP contribution in [-0.2, 0) is 4.74 Å². The lowest BCUT2D eigenvalue weighted by Crippen LogP contribution is -2.35. The smallest absolute Gasteiger partial charge is 0.340 e. The van der Waals surface area contributed by atoms with E-state index < -0.39 is 23.1 Å². The van der Waals surface area contributed by atoms with E-state index in [1.807, 2.05) is 0 Å². The molecule has 0 bridgehead atoms. The average Bonchev–Trinajstić information content (AvgIpc) is 2.37. The van der Waals surface area contributed by atoms with E-state index in [9.17, 15) is 14.3 Å². The average molecular weight is 286 g/mol. The molecule has 1 aromatic rings. The first-order valence-electron chi connectivity index (χ1n) is 6.05. The number of carboxylic acids is 1. The SMILES string of the molecule is COCCC(C)(O)CNc1ccc(F)c(N)c1C(=O)O. The molecule has 6 nitrogen and oxygen atoms in total. The highest BCUT2D eigenvalue weighted by atomic mass is 19.1. The molecule has 0 saturated heterocycles. The number of hydrogen-bond acceptors (Lipinski definition) is 5. The molecule has 1 rings (SSSR count). The molecule has 1 unspecified atom stereocenters. The molecule has 1 atom stereocenters. The third-order valence-corrected chi connectivity index (χ3v) is 2.91. The predicted octanol–water partition coefficient (Wildman–Crippen LogP) is 1.31. The van der Waals surface area contributed by atoms with Crippen molar-refractivity contribution in [2.45, 2.75) is 18.9 Å². The minimum absolute atomic E-state index is 0.0850. The highest BCUT2D eigenvalue weighted by molar-refractivity contribution is 6.00. The number of nitrogens with one attached hydrogen (secondary N) is 1. The Bertz CT molecular complexity index is 492. The van der Waals surface area contributed by atoms with E-state index in [0.717, 1.165) is 6.07 Å². The van der Waals surface area contributed by atoms with E-state index in [0.29, 0.717) is 13.0 Å². The van der Waals surface area contributed by atoms with Gasteiger partial charge in [0.05, 0.1) is 17.0 Å². The molecule has 0 saturated carbocycles. The molecule has 5 N–H and O–H groups in total. The zero-order valence-electron chi connectivity index (χ0n) is 11.4. The number of anilines is 2. The van der Waals surface area contributed by atoms with Crippen LogP contribution in [0.1, 0.15) is 23.7 Å². The first kappa shape index (κ1) is 16.2. The number of hydrogen-bond donors (Lipinski definition) is 4. The van der Waals surface area contributed by atoms with Gasteiger partial charge in [0.15, 0.2) is 0 Å². The number of rotatable bonds is 7. The number of carboxylic acid groups (broad SMARTS) is 1. The third kappa shape index (κ3) is 4.07. The van der Waals surface area contributed by atoms with E-state index in [1.54, 1.807) is 6.92 Å². The van der Waals surface area contributed by atoms with Crippen molar-refractivity contribution < 1.29 is 24.1 Å². The van der Waals surface area contributed by atoms with Gasteiger partial charge in [-0.2, -0.15) is 0 Å². The van der Waals surface area contributed by atoms with Crippen molar-refractivity contribution in [2.75, 3.05) is 31.3 Å². The van der Waals surface area contributed by atoms with Gasteiger partial charge in [0.2, 0.25) is 0 Å². The summed E-state index contributed by atoms with van der Waals surface area (Å²) in [6, 6.07) is 2.36. The number of ether oxygens (including phenoxy) is 1. The van der Waals surface area contributed by atoms with E-state index in [4.69, 9.17) is 15.6 Å². The van der Waals surface area contributed by atoms with Gasteiger partial charge in [-0.05, 0) is 19.1 Å². The standard InChI is InChI=1S/C13H19FN2O4/c1-13(19,5-6-20-2)7-16-9-4-3-8(14)11(15)10(9)12(17)18/h3-4,16,19H,5-7,15H2,1-2H3,(H,17,18). The van der Waals surface area contributed by atoms with Crippen LogP contribution in [-0.4, -0.2) is 42.0 Å². The van der Waals surface area contributed by atoms with Crippen LogP contribution < -0.4 is 11.1 Å². The molecule has 0 spiro atoms. The Balaban J connectivity index is 2.88. The largest absolute Gasteiger partial charge is 0.478 e. The van der Waals surface area contributed by atoms with Gasteiger partial charge in [-0.1, -0.05) is 0 Å². The predicted molar refractivity (Wildman–Crippen MR) is 73.4 cm³/mol. The van der Waals surface area contributed by atoms with Crippen LogP contribution in [0.2, 0.25) is 0 Å². The highest BCUT2D eigenvalue weighted by Crippen LogP contribution is 2.25. The van der Waals surface area contributed by atoms with Gasteiger partial charge < -0.3 is 26.0 Å². The summed E-state index contributed by atoms with van der Waals surface area (Å²) in [4.78, 5) is 11.1. The maximum Gasteiger partial charge on any atom is 0.340 e. The van der Waals surface area contributed by atoms with Crippen LogP contribution in [0.4, 0.5) is 15.8 Å². The fourth-order valence-electron chi connectivity index (χ4n) is 1.67. The summed E-state index contributed by atoms with van der Waals surface area (Å²) >= 11 is 0. The summed E-state index contributed by atoms with van der Waals surface area (Å²) in [7, 11) is 1.52. The Morgan fingerprint density at radius 2 is 2.20 bits per heavy atom. The minimum atomic E-state index is -1.33. The normalized spacial score (nSPS) is 13.8. The molecule has 20 heavy (non-hydrogen) atoms. The summed E-state index contributed by atoms with van der Waals surface area (Å²) in [5.74, 6) is -2.12. The molecule has 0 aliphatic heterocycles. The lowest BCUT2D eigenvalue weighted by Gasteiger charge is -2.24. The Morgan fingerprint density at radius 3 is 2.75 bits per heavy atom. The lowest BCUT2D eigenvalue weighted by atomic mass is 10.0. The molecule has 7 heteroatoms. The second kappa shape index (κ2) is 6.53. The second-order valence-corrected chi connectivity index (χ2v) is 4.78. The van der Waals surface area contributed by atoms with Gasteiger partial charge in [0, 0.05) is 26.7 Å². The molecule has 0 amide bonds. The summed E-state index contributed by atoms with van der Waals surface area (Å²) in [6.45, 7) is 2.04. The van der Waals surface area contributed by atoms with Crippen molar-refractivity contribution in [3.63, 3.8) is 0 Å². The van der Waals surface area contributed by atoms with Gasteiger partial charge in [-0.25, -0.2) is 9.18 Å². The number of halogens is 1. The maximum atomic E-state index is 13.3. The van der Waals surface area contributed by atoms with Crippen molar-refractivity contribution in [1.82, 2.24) is 0 Å². The third-order valence-electron chi connectivity index (χ3n) is 2.91. The Hall–Kier alpha value is -1.86. The van der Waals surface area contributed by atoms with Crippen LogP contribution >= 0.6 is 0 Å². The van der Waals surface area contributed by atoms with Gasteiger partial charge in [0.25, 0.3) is 0 Å². The van der Waals surface area contributed by atoms with E-state index in [1.165, 1.54) is 13.2 Å². The van der Waals surface area contributed by atoms with Crippen LogP contribution in [0.15, 0.2) is 12.1 Å². The van der Waals surface area contributed by atoms with Gasteiger partial charge in [-0.3, -0.25) is 0 Å². The van der Waals surface area contributed by atoms with E-state index >= 15 is 0 Å². The number of nitrogens with two attached hydrogens (primary N) is 1. The van der Waals surface area contributed by atoms with Gasteiger partial charge in [0.1, 0.15) is 11.4 Å². The van der Waals surface area contributed by atoms with Crippen molar-refractivity contribution in [1.29, 1.82) is 0 Å². The Morgan fingerprint density at radius 1 is 1.55 bits per heavy atom. The molecular formula is C13H19FN2O4. The fourth-order valence-corrected chi connectivity index (χ4v) is 1.67. The summed E-state index contributed by atoms with van der Waals surface area (Å²) in [6.07, 6.45) is 0.371. The zero-order chi connectivity index (χ0) is 15.3. The summed E-state index contributed by atoms with van der Waals surface area (Å²) < 4.78 is 18.2. The fraction of sp³-hybridized carbons (Fsp3) is 0.462. The first-order chi connectivity index (χ1) is 9.28. The molecule has 0 aliphatic carbocycles. The van der Waals surface area contributed by atoms with Crippen LogP contribution in [0, 0.1) is 5.82 Å². The number of carbonyl (C=O) groups is 1. The number of benzene rings is 1. The summed E-state index contributed by atoms with van der Waals surface area (Å²) in [5.41, 5.74) is 3.73. The summed E-state index contributed by atoms with van der Waals surface area (Å²) in [5, 5.41) is 21.9. The Labute approximate surface area is 116 Å². The maximum absolute atomic E-state index is 13.3. The number of nitrogen functional groups attached to an aromatic ring is 1. The van der Waals surface area contributed by atoms with Crippen LogP contribution in [0.5, 0.6) is 0 Å². The molecule has 0 fully saturated rings. The molecule has 1 aromatic carbocycles. The van der Waals surface area contributed by atoms with Crippen LogP contribution in [0.3, 0.4) is 0 Å². The number of aromatic carboxylic acids is 1. The molecule has 0 radical (unpaired) electrons. The monoisotopic (exact) mass is 286 g/mol. The number of methoxy groups -OCH3 is 1. The quantitative estimate of drug-likeness (QED) is 0.563. The second-order valence-electron chi connectivity index (χ2n) is 4.78. The van der Waals surface area contributed by atoms with Gasteiger partial charge >= 0.3 is 5.97 Å². The molecule has 0 aromatic heterocycles. The Kier molecular flexibility index (Phi) is 5.29. The van der Waals surface area contributed by atoms with Crippen LogP contribution in [0.25, 0.3) is 0 Å². The molecule has 0 aliphatic rings. The van der Waals surface area contributed by atoms with Crippen molar-refractivity contribution >= 4 is 17.3 Å². The minimum Gasteiger partial charge on any atom is -0.478 e. The molecular weight excluding hydrogens is 267 g/mol. The highest BCUT2D eigenvalue weighted by Gasteiger charge is 2.22. The zero-order valence-corrected chi connectivity index (χ0v) is 11.4. The molecule has 112 valence electrons. The first-order valence-corrected chi connectivity index (χ1v) is 6.05. The van der Waals surface area contributed by atoms with Gasteiger partial charge in [-0.15, -0.1) is 0 Å². The topological polar surface area (TPSA) is 105 Å². The van der Waals surface area contributed by atoms with E-state index in [2.05, 4.69) is 5.32 Å². The molecule has 0 heterocycles. The van der Waals surface area contributed by atoms with Crippen molar-refractivity contribution in [3.8, 4) is 0 Å². The van der Waals surface area contributed by atoms with Crippen molar-refractivity contribution in [2.24, 2.45) is 0 Å².